The molecule has 0 spiro atoms. The molecule has 2 aromatic rings. The van der Waals surface area contributed by atoms with Crippen LogP contribution in [0.25, 0.3) is 0 Å². The van der Waals surface area contributed by atoms with Crippen LogP contribution in [-0.2, 0) is 6.42 Å². The van der Waals surface area contributed by atoms with Crippen molar-refractivity contribution in [1.29, 1.82) is 0 Å². The summed E-state index contributed by atoms with van der Waals surface area (Å²) in [6, 6.07) is 12.9. The molecule has 0 fully saturated rings. The van der Waals surface area contributed by atoms with Crippen LogP contribution in [0.2, 0.25) is 0 Å². The summed E-state index contributed by atoms with van der Waals surface area (Å²) in [6.07, 6.45) is 1.03. The Hall–Kier alpha value is -1.39. The first-order chi connectivity index (χ1) is 10.1. The maximum absolute atomic E-state index is 13.2. The van der Waals surface area contributed by atoms with Crippen molar-refractivity contribution < 1.29 is 9.13 Å². The highest BCUT2D eigenvalue weighted by molar-refractivity contribution is 9.10. The normalized spacial score (nSPS) is 18.1. The molecule has 0 radical (unpaired) electrons. The van der Waals surface area contributed by atoms with Gasteiger partial charge in [-0.25, -0.2) is 4.39 Å². The summed E-state index contributed by atoms with van der Waals surface area (Å²) in [4.78, 5) is 0. The van der Waals surface area contributed by atoms with Crippen LogP contribution in [0, 0.1) is 5.82 Å². The lowest BCUT2D eigenvalue weighted by Crippen LogP contribution is -2.31. The van der Waals surface area contributed by atoms with Crippen LogP contribution in [0.3, 0.4) is 0 Å². The van der Waals surface area contributed by atoms with Gasteiger partial charge in [-0.15, -0.1) is 0 Å². The van der Waals surface area contributed by atoms with Crippen molar-refractivity contribution in [3.8, 4) is 5.75 Å². The Morgan fingerprint density at radius 1 is 1.33 bits per heavy atom. The van der Waals surface area contributed by atoms with E-state index in [0.717, 1.165) is 28.8 Å². The van der Waals surface area contributed by atoms with Crippen LogP contribution in [-0.4, -0.2) is 12.6 Å². The second-order valence-corrected chi connectivity index (χ2v) is 6.30. The molecule has 1 aliphatic rings. The molecule has 1 aliphatic heterocycles. The Balaban J connectivity index is 1.57. The van der Waals surface area contributed by atoms with Crippen LogP contribution in [0.4, 0.5) is 4.39 Å². The van der Waals surface area contributed by atoms with Crippen molar-refractivity contribution in [2.45, 2.75) is 25.5 Å². The Morgan fingerprint density at radius 2 is 2.19 bits per heavy atom. The molecule has 0 aromatic heterocycles. The molecule has 1 N–H and O–H groups in total. The zero-order valence-corrected chi connectivity index (χ0v) is 13.4. The van der Waals surface area contributed by atoms with Gasteiger partial charge in [-0.3, -0.25) is 0 Å². The number of halogens is 2. The lowest BCUT2D eigenvalue weighted by atomic mass is 10.1. The molecule has 110 valence electrons. The summed E-state index contributed by atoms with van der Waals surface area (Å²) in [5.74, 6) is 0.763. The smallest absolute Gasteiger partial charge is 0.123 e. The number of nitrogens with one attached hydrogen (secondary N) is 1. The van der Waals surface area contributed by atoms with Gasteiger partial charge in [0.05, 0.1) is 0 Å². The van der Waals surface area contributed by atoms with Gasteiger partial charge in [0.15, 0.2) is 0 Å². The molecule has 0 saturated heterocycles. The number of rotatable bonds is 4. The molecule has 2 nitrogen and oxygen atoms in total. The van der Waals surface area contributed by atoms with Crippen molar-refractivity contribution in [1.82, 2.24) is 5.32 Å². The Bertz CT molecular complexity index is 646. The van der Waals surface area contributed by atoms with E-state index in [1.54, 1.807) is 12.1 Å². The minimum atomic E-state index is -0.199. The number of ether oxygens (including phenoxy) is 1. The van der Waals surface area contributed by atoms with Crippen molar-refractivity contribution in [2.24, 2.45) is 0 Å². The monoisotopic (exact) mass is 349 g/mol. The van der Waals surface area contributed by atoms with Gasteiger partial charge in [-0.2, -0.15) is 0 Å². The molecular weight excluding hydrogens is 333 g/mol. The largest absolute Gasteiger partial charge is 0.488 e. The van der Waals surface area contributed by atoms with Crippen LogP contribution in [0.5, 0.6) is 5.75 Å². The third kappa shape index (κ3) is 3.44. The maximum Gasteiger partial charge on any atom is 0.123 e. The average Bonchev–Trinajstić information content (AvgIpc) is 2.86. The maximum atomic E-state index is 13.2. The summed E-state index contributed by atoms with van der Waals surface area (Å²) < 4.78 is 20.2. The highest BCUT2D eigenvalue weighted by Crippen LogP contribution is 2.31. The van der Waals surface area contributed by atoms with Gasteiger partial charge < -0.3 is 10.1 Å². The minimum absolute atomic E-state index is 0.0970. The lowest BCUT2D eigenvalue weighted by Gasteiger charge is -2.17. The first-order valence-electron chi connectivity index (χ1n) is 7.06. The van der Waals surface area contributed by atoms with Crippen LogP contribution in [0.15, 0.2) is 46.9 Å². The standard InChI is InChI=1S/C17H17BrFNO/c1-11(12-3-2-4-15(19)8-12)20-10-16-9-13-7-14(18)5-6-17(13)21-16/h2-8,11,16,20H,9-10H2,1H3/t11-,16?/m0/s1. The Labute approximate surface area is 132 Å². The molecule has 4 heteroatoms. The second kappa shape index (κ2) is 6.16. The fourth-order valence-corrected chi connectivity index (χ4v) is 3.01. The van der Waals surface area contributed by atoms with Gasteiger partial charge >= 0.3 is 0 Å². The highest BCUT2D eigenvalue weighted by Gasteiger charge is 2.23. The van der Waals surface area contributed by atoms with E-state index in [4.69, 9.17) is 4.74 Å². The van der Waals surface area contributed by atoms with E-state index in [9.17, 15) is 4.39 Å². The number of hydrogen-bond acceptors (Lipinski definition) is 2. The van der Waals surface area contributed by atoms with E-state index in [0.29, 0.717) is 0 Å². The Kier molecular flexibility index (Phi) is 4.27. The molecule has 2 aromatic carbocycles. The van der Waals surface area contributed by atoms with E-state index in [-0.39, 0.29) is 18.0 Å². The predicted octanol–water partition coefficient (Wildman–Crippen LogP) is 4.24. The molecule has 2 atom stereocenters. The van der Waals surface area contributed by atoms with E-state index in [1.165, 1.54) is 11.6 Å². The van der Waals surface area contributed by atoms with E-state index >= 15 is 0 Å². The summed E-state index contributed by atoms with van der Waals surface area (Å²) in [5, 5.41) is 3.41. The average molecular weight is 350 g/mol. The topological polar surface area (TPSA) is 21.3 Å². The zero-order valence-electron chi connectivity index (χ0n) is 11.8. The molecule has 0 bridgehead atoms. The van der Waals surface area contributed by atoms with Crippen molar-refractivity contribution in [2.75, 3.05) is 6.54 Å². The van der Waals surface area contributed by atoms with Crippen molar-refractivity contribution in [3.63, 3.8) is 0 Å². The molecule has 1 unspecified atom stereocenters. The molecular formula is C17H17BrFNO. The van der Waals surface area contributed by atoms with Crippen molar-refractivity contribution >= 4 is 15.9 Å². The van der Waals surface area contributed by atoms with Gasteiger partial charge in [0.2, 0.25) is 0 Å². The van der Waals surface area contributed by atoms with Gasteiger partial charge in [0.25, 0.3) is 0 Å². The van der Waals surface area contributed by atoms with Gasteiger partial charge in [-0.1, -0.05) is 28.1 Å². The van der Waals surface area contributed by atoms with Crippen molar-refractivity contribution in [3.05, 3.63) is 63.9 Å². The third-order valence-corrected chi connectivity index (χ3v) is 4.26. The molecule has 3 rings (SSSR count). The summed E-state index contributed by atoms with van der Waals surface area (Å²) in [5.41, 5.74) is 2.18. The zero-order chi connectivity index (χ0) is 14.8. The van der Waals surface area contributed by atoms with Gasteiger partial charge in [-0.05, 0) is 48.4 Å². The molecule has 0 aliphatic carbocycles. The van der Waals surface area contributed by atoms with Crippen LogP contribution in [0.1, 0.15) is 24.1 Å². The minimum Gasteiger partial charge on any atom is -0.488 e. The quantitative estimate of drug-likeness (QED) is 0.891. The van der Waals surface area contributed by atoms with E-state index in [1.807, 2.05) is 25.1 Å². The van der Waals surface area contributed by atoms with E-state index in [2.05, 4.69) is 27.3 Å². The predicted molar refractivity (Wildman–Crippen MR) is 85.1 cm³/mol. The Morgan fingerprint density at radius 3 is 3.00 bits per heavy atom. The van der Waals surface area contributed by atoms with Crippen LogP contribution < -0.4 is 10.1 Å². The van der Waals surface area contributed by atoms with Gasteiger partial charge in [0, 0.05) is 23.5 Å². The number of fused-ring (bicyclic) bond motifs is 1. The van der Waals surface area contributed by atoms with Gasteiger partial charge in [0.1, 0.15) is 17.7 Å². The fraction of sp³-hybridized carbons (Fsp3) is 0.294. The summed E-state index contributed by atoms with van der Waals surface area (Å²) >= 11 is 3.48. The lowest BCUT2D eigenvalue weighted by molar-refractivity contribution is 0.222. The molecule has 0 saturated carbocycles. The summed E-state index contributed by atoms with van der Waals surface area (Å²) in [7, 11) is 0. The number of hydrogen-bond donors (Lipinski definition) is 1. The second-order valence-electron chi connectivity index (χ2n) is 5.38. The fourth-order valence-electron chi connectivity index (χ4n) is 2.60. The molecule has 0 amide bonds. The first-order valence-corrected chi connectivity index (χ1v) is 7.85. The highest BCUT2D eigenvalue weighted by atomic mass is 79.9. The molecule has 1 heterocycles. The SMILES string of the molecule is C[C@H](NCC1Cc2cc(Br)ccc2O1)c1cccc(F)c1. The van der Waals surface area contributed by atoms with Crippen LogP contribution >= 0.6 is 15.9 Å². The first kappa shape index (κ1) is 14.5. The molecule has 21 heavy (non-hydrogen) atoms. The van der Waals surface area contributed by atoms with E-state index < -0.39 is 0 Å². The number of benzene rings is 2. The summed E-state index contributed by atoms with van der Waals surface area (Å²) in [6.45, 7) is 2.78. The third-order valence-electron chi connectivity index (χ3n) is 3.76.